The van der Waals surface area contributed by atoms with Gasteiger partial charge in [0.15, 0.2) is 0 Å². The Balaban J connectivity index is 2.50. The largest absolute Gasteiger partial charge is 0.438 e. The molecular formula is C9H8Cl2N2O4. The predicted octanol–water partition coefficient (Wildman–Crippen LogP) is 2.05. The molecule has 1 amide bonds. The molecule has 0 radical (unpaired) electrons. The lowest BCUT2D eigenvalue weighted by atomic mass is 10.3. The standard InChI is InChI=1S/C9H8Cl2N2O4/c10-5-1-2-7(6(11)3-5)12-4-8(14)17-9(15)13-16/h1-3,12,16H,4H2,(H,13,15). The van der Waals surface area contributed by atoms with Crippen LogP contribution in [-0.4, -0.2) is 23.8 Å². The number of hydrogen-bond donors (Lipinski definition) is 3. The monoisotopic (exact) mass is 278 g/mol. The van der Waals surface area contributed by atoms with Crippen LogP contribution in [0.4, 0.5) is 10.5 Å². The maximum absolute atomic E-state index is 11.0. The van der Waals surface area contributed by atoms with Crippen LogP contribution >= 0.6 is 23.2 Å². The molecule has 17 heavy (non-hydrogen) atoms. The first-order valence-electron chi connectivity index (χ1n) is 4.36. The fraction of sp³-hybridized carbons (Fsp3) is 0.111. The molecule has 92 valence electrons. The zero-order valence-electron chi connectivity index (χ0n) is 8.37. The molecule has 6 nitrogen and oxygen atoms in total. The Labute approximate surface area is 106 Å². The number of nitrogens with one attached hydrogen (secondary N) is 2. The zero-order valence-corrected chi connectivity index (χ0v) is 9.88. The van der Waals surface area contributed by atoms with Crippen molar-refractivity contribution in [3.8, 4) is 0 Å². The second kappa shape index (κ2) is 6.29. The van der Waals surface area contributed by atoms with Crippen LogP contribution in [0.1, 0.15) is 0 Å². The number of benzene rings is 1. The number of hydroxylamine groups is 1. The second-order valence-electron chi connectivity index (χ2n) is 2.85. The first-order chi connectivity index (χ1) is 8.02. The average molecular weight is 279 g/mol. The highest BCUT2D eigenvalue weighted by Crippen LogP contribution is 2.24. The summed E-state index contributed by atoms with van der Waals surface area (Å²) in [5.74, 6) is -0.873. The van der Waals surface area contributed by atoms with Crippen molar-refractivity contribution in [2.24, 2.45) is 0 Å². The molecule has 0 spiro atoms. The van der Waals surface area contributed by atoms with Gasteiger partial charge in [0.1, 0.15) is 6.54 Å². The molecule has 0 unspecified atom stereocenters. The third kappa shape index (κ3) is 4.48. The van der Waals surface area contributed by atoms with Crippen molar-refractivity contribution >= 4 is 41.0 Å². The molecule has 1 rings (SSSR count). The van der Waals surface area contributed by atoms with Crippen LogP contribution in [0.3, 0.4) is 0 Å². The molecule has 0 aliphatic rings. The molecule has 0 saturated carbocycles. The number of ether oxygens (including phenoxy) is 1. The molecule has 1 aromatic rings. The number of rotatable bonds is 3. The minimum absolute atomic E-state index is 0.283. The normalized spacial score (nSPS) is 9.59. The molecule has 0 bridgehead atoms. The molecule has 3 N–H and O–H groups in total. The van der Waals surface area contributed by atoms with Gasteiger partial charge in [-0.1, -0.05) is 23.2 Å². The van der Waals surface area contributed by atoms with E-state index in [1.165, 1.54) is 6.07 Å². The molecule has 0 aliphatic heterocycles. The van der Waals surface area contributed by atoms with Crippen molar-refractivity contribution in [2.45, 2.75) is 0 Å². The van der Waals surface area contributed by atoms with Crippen molar-refractivity contribution in [1.29, 1.82) is 0 Å². The second-order valence-corrected chi connectivity index (χ2v) is 3.69. The zero-order chi connectivity index (χ0) is 12.8. The average Bonchev–Trinajstić information content (AvgIpc) is 2.27. The minimum atomic E-state index is -1.25. The van der Waals surface area contributed by atoms with Gasteiger partial charge in [-0.05, 0) is 18.2 Å². The SMILES string of the molecule is O=C(CNc1ccc(Cl)cc1Cl)OC(=O)NO. The predicted molar refractivity (Wildman–Crippen MR) is 61.4 cm³/mol. The molecule has 1 aromatic carbocycles. The van der Waals surface area contributed by atoms with E-state index < -0.39 is 12.1 Å². The summed E-state index contributed by atoms with van der Waals surface area (Å²) < 4.78 is 4.11. The van der Waals surface area contributed by atoms with Gasteiger partial charge >= 0.3 is 12.1 Å². The number of halogens is 2. The molecular weight excluding hydrogens is 271 g/mol. The fourth-order valence-corrected chi connectivity index (χ4v) is 1.44. The van der Waals surface area contributed by atoms with Gasteiger partial charge in [-0.25, -0.2) is 15.1 Å². The summed E-state index contributed by atoms with van der Waals surface area (Å²) in [4.78, 5) is 21.5. The van der Waals surface area contributed by atoms with Gasteiger partial charge in [0, 0.05) is 5.02 Å². The number of hydrogen-bond acceptors (Lipinski definition) is 5. The Morgan fingerprint density at radius 1 is 1.35 bits per heavy atom. The van der Waals surface area contributed by atoms with Crippen LogP contribution in [0.15, 0.2) is 18.2 Å². The maximum Gasteiger partial charge on any atom is 0.438 e. The van der Waals surface area contributed by atoms with E-state index in [9.17, 15) is 9.59 Å². The van der Waals surface area contributed by atoms with Gasteiger partial charge in [-0.2, -0.15) is 0 Å². The smallest absolute Gasteiger partial charge is 0.374 e. The molecule has 8 heteroatoms. The number of anilines is 1. The van der Waals surface area contributed by atoms with Crippen LogP contribution in [0.2, 0.25) is 10.0 Å². The van der Waals surface area contributed by atoms with Gasteiger partial charge in [-0.15, -0.1) is 0 Å². The summed E-state index contributed by atoms with van der Waals surface area (Å²) in [7, 11) is 0. The highest BCUT2D eigenvalue weighted by Gasteiger charge is 2.09. The van der Waals surface area contributed by atoms with Gasteiger partial charge in [0.2, 0.25) is 0 Å². The number of carbonyl (C=O) groups excluding carboxylic acids is 2. The third-order valence-electron chi connectivity index (χ3n) is 1.65. The van der Waals surface area contributed by atoms with Crippen LogP contribution in [0, 0.1) is 0 Å². The van der Waals surface area contributed by atoms with Crippen molar-refractivity contribution in [3.05, 3.63) is 28.2 Å². The van der Waals surface area contributed by atoms with Crippen LogP contribution < -0.4 is 10.8 Å². The van der Waals surface area contributed by atoms with E-state index in [1.807, 2.05) is 0 Å². The Kier molecular flexibility index (Phi) is 5.02. The van der Waals surface area contributed by atoms with Crippen molar-refractivity contribution < 1.29 is 19.5 Å². The lowest BCUT2D eigenvalue weighted by molar-refractivity contribution is -0.136. The first kappa shape index (κ1) is 13.6. The van der Waals surface area contributed by atoms with Crippen molar-refractivity contribution in [3.63, 3.8) is 0 Å². The lowest BCUT2D eigenvalue weighted by Gasteiger charge is -2.07. The van der Waals surface area contributed by atoms with E-state index in [0.717, 1.165) is 5.48 Å². The number of amides is 1. The van der Waals surface area contributed by atoms with Gasteiger partial charge in [-0.3, -0.25) is 5.21 Å². The molecule has 0 aromatic heterocycles. The highest BCUT2D eigenvalue weighted by atomic mass is 35.5. The molecule has 0 atom stereocenters. The maximum atomic E-state index is 11.0. The Hall–Kier alpha value is -1.50. The van der Waals surface area contributed by atoms with Crippen molar-refractivity contribution in [2.75, 3.05) is 11.9 Å². The summed E-state index contributed by atoms with van der Waals surface area (Å²) in [6.45, 7) is -0.283. The Morgan fingerprint density at radius 3 is 2.65 bits per heavy atom. The number of esters is 1. The minimum Gasteiger partial charge on any atom is -0.374 e. The van der Waals surface area contributed by atoms with E-state index in [-0.39, 0.29) is 6.54 Å². The quantitative estimate of drug-likeness (QED) is 0.341. The van der Waals surface area contributed by atoms with Gasteiger partial charge in [0.25, 0.3) is 0 Å². The summed E-state index contributed by atoms with van der Waals surface area (Å²) in [6, 6.07) is 4.66. The highest BCUT2D eigenvalue weighted by molar-refractivity contribution is 6.36. The van der Waals surface area contributed by atoms with E-state index in [2.05, 4.69) is 10.1 Å². The summed E-state index contributed by atoms with van der Waals surface area (Å²) in [6.07, 6.45) is -1.25. The Bertz CT molecular complexity index is 439. The Morgan fingerprint density at radius 2 is 2.06 bits per heavy atom. The molecule has 0 fully saturated rings. The van der Waals surface area contributed by atoms with Crippen LogP contribution in [0.25, 0.3) is 0 Å². The topological polar surface area (TPSA) is 87.7 Å². The van der Waals surface area contributed by atoms with E-state index in [4.69, 9.17) is 28.4 Å². The summed E-state index contributed by atoms with van der Waals surface area (Å²) in [5, 5.41) is 11.5. The van der Waals surface area contributed by atoms with Gasteiger partial charge < -0.3 is 10.1 Å². The summed E-state index contributed by atoms with van der Waals surface area (Å²) in [5.41, 5.74) is 1.63. The van der Waals surface area contributed by atoms with Gasteiger partial charge in [0.05, 0.1) is 10.7 Å². The number of carbonyl (C=O) groups is 2. The van der Waals surface area contributed by atoms with Crippen molar-refractivity contribution in [1.82, 2.24) is 5.48 Å². The van der Waals surface area contributed by atoms with Crippen LogP contribution in [0.5, 0.6) is 0 Å². The molecule has 0 aliphatic carbocycles. The molecule has 0 saturated heterocycles. The van der Waals surface area contributed by atoms with E-state index in [0.29, 0.717) is 15.7 Å². The summed E-state index contributed by atoms with van der Waals surface area (Å²) >= 11 is 11.5. The van der Waals surface area contributed by atoms with Crippen LogP contribution in [-0.2, 0) is 9.53 Å². The fourth-order valence-electron chi connectivity index (χ4n) is 0.963. The van der Waals surface area contributed by atoms with E-state index in [1.54, 1.807) is 12.1 Å². The third-order valence-corrected chi connectivity index (χ3v) is 2.20. The first-order valence-corrected chi connectivity index (χ1v) is 5.12. The molecule has 0 heterocycles. The van der Waals surface area contributed by atoms with E-state index >= 15 is 0 Å². The lowest BCUT2D eigenvalue weighted by Crippen LogP contribution is -2.27.